The number of tetrazole rings is 1. The molecule has 1 N–H and O–H groups in total. The maximum Gasteiger partial charge on any atom is 0.244 e. The number of likely N-dealkylation sites (N-methyl/N-ethyl adjacent to an activating group) is 1. The Morgan fingerprint density at radius 2 is 1.92 bits per heavy atom. The topological polar surface area (TPSA) is 87.4 Å². The van der Waals surface area contributed by atoms with Crippen molar-refractivity contribution in [2.75, 3.05) is 20.6 Å². The Morgan fingerprint density at radius 3 is 2.56 bits per heavy atom. The fraction of sp³-hybridized carbons (Fsp3) is 0.529. The number of rotatable bonds is 8. The van der Waals surface area contributed by atoms with E-state index in [0.29, 0.717) is 18.4 Å². The first-order valence-corrected chi connectivity index (χ1v) is 8.30. The Morgan fingerprint density at radius 1 is 1.24 bits per heavy atom. The van der Waals surface area contributed by atoms with Gasteiger partial charge < -0.3 is 10.0 Å². The van der Waals surface area contributed by atoms with Gasteiger partial charge >= 0.3 is 0 Å². The quantitative estimate of drug-likeness (QED) is 0.757. The van der Waals surface area contributed by atoms with Crippen LogP contribution in [0.1, 0.15) is 31.3 Å². The highest BCUT2D eigenvalue weighted by Crippen LogP contribution is 2.13. The van der Waals surface area contributed by atoms with Crippen molar-refractivity contribution in [2.24, 2.45) is 0 Å². The molecule has 1 heterocycles. The summed E-state index contributed by atoms with van der Waals surface area (Å²) in [6.07, 6.45) is -0.726. The molecule has 2 rings (SSSR count). The highest BCUT2D eigenvalue weighted by Gasteiger charge is 2.18. The molecule has 0 saturated carbocycles. The summed E-state index contributed by atoms with van der Waals surface area (Å²) in [5.41, 5.74) is 0.781. The van der Waals surface area contributed by atoms with E-state index in [1.807, 2.05) is 37.4 Å². The predicted octanol–water partition coefficient (Wildman–Crippen LogP) is 0.705. The molecule has 1 aromatic heterocycles. The molecule has 8 nitrogen and oxygen atoms in total. The van der Waals surface area contributed by atoms with E-state index in [0.717, 1.165) is 5.56 Å². The first-order chi connectivity index (χ1) is 11.9. The van der Waals surface area contributed by atoms with E-state index >= 15 is 0 Å². The molecule has 0 fully saturated rings. The Bertz CT molecular complexity index is 673. The van der Waals surface area contributed by atoms with Crippen molar-refractivity contribution in [3.05, 3.63) is 41.7 Å². The first kappa shape index (κ1) is 19.0. The van der Waals surface area contributed by atoms with Gasteiger partial charge in [0.2, 0.25) is 5.91 Å². The minimum atomic E-state index is -0.726. The lowest BCUT2D eigenvalue weighted by molar-refractivity contribution is -0.132. The van der Waals surface area contributed by atoms with Crippen LogP contribution in [0.5, 0.6) is 0 Å². The van der Waals surface area contributed by atoms with E-state index in [9.17, 15) is 9.90 Å². The van der Waals surface area contributed by atoms with Crippen molar-refractivity contribution >= 4 is 5.91 Å². The summed E-state index contributed by atoms with van der Waals surface area (Å²) in [4.78, 5) is 16.0. The average molecular weight is 346 g/mol. The molecule has 0 spiro atoms. The minimum absolute atomic E-state index is 0.0479. The third kappa shape index (κ3) is 5.33. The average Bonchev–Trinajstić information content (AvgIpc) is 3.02. The number of nitrogens with zero attached hydrogens (tertiary/aromatic N) is 6. The second-order valence-electron chi connectivity index (χ2n) is 6.46. The summed E-state index contributed by atoms with van der Waals surface area (Å²) in [5, 5.41) is 21.8. The summed E-state index contributed by atoms with van der Waals surface area (Å²) in [7, 11) is 3.65. The minimum Gasteiger partial charge on any atom is -0.387 e. The molecule has 0 radical (unpaired) electrons. The SMILES string of the molecule is CC(C)N(C)Cc1nnnn1CC(=O)N(C)CC(O)c1ccccc1. The molecule has 1 unspecified atom stereocenters. The molecule has 0 aliphatic rings. The highest BCUT2D eigenvalue weighted by molar-refractivity contribution is 5.75. The molecule has 25 heavy (non-hydrogen) atoms. The molecular weight excluding hydrogens is 320 g/mol. The standard InChI is InChI=1S/C17H26N6O2/c1-13(2)21(3)11-16-18-19-20-23(16)12-17(25)22(4)10-15(24)14-8-6-5-7-9-14/h5-9,13,15,24H,10-12H2,1-4H3. The second-order valence-corrected chi connectivity index (χ2v) is 6.46. The van der Waals surface area contributed by atoms with Gasteiger partial charge in [-0.3, -0.25) is 9.69 Å². The largest absolute Gasteiger partial charge is 0.387 e. The van der Waals surface area contributed by atoms with Gasteiger partial charge in [-0.15, -0.1) is 5.10 Å². The Labute approximate surface area is 148 Å². The van der Waals surface area contributed by atoms with Crippen molar-refractivity contribution < 1.29 is 9.90 Å². The Kier molecular flexibility index (Phi) is 6.60. The number of aliphatic hydroxyl groups is 1. The molecule has 8 heteroatoms. The van der Waals surface area contributed by atoms with E-state index in [2.05, 4.69) is 34.3 Å². The number of hydrogen-bond acceptors (Lipinski definition) is 6. The molecule has 0 aliphatic heterocycles. The number of amides is 1. The normalized spacial score (nSPS) is 12.6. The van der Waals surface area contributed by atoms with E-state index < -0.39 is 6.10 Å². The molecular formula is C17H26N6O2. The van der Waals surface area contributed by atoms with Gasteiger partial charge in [0, 0.05) is 13.1 Å². The van der Waals surface area contributed by atoms with Crippen LogP contribution in [0, 0.1) is 0 Å². The van der Waals surface area contributed by atoms with Crippen LogP contribution in [0.3, 0.4) is 0 Å². The van der Waals surface area contributed by atoms with Crippen LogP contribution in [-0.4, -0.2) is 67.7 Å². The molecule has 0 bridgehead atoms. The van der Waals surface area contributed by atoms with Crippen LogP contribution in [0.15, 0.2) is 30.3 Å². The van der Waals surface area contributed by atoms with Crippen molar-refractivity contribution in [1.29, 1.82) is 0 Å². The number of hydrogen-bond donors (Lipinski definition) is 1. The maximum atomic E-state index is 12.4. The van der Waals surface area contributed by atoms with Crippen LogP contribution >= 0.6 is 0 Å². The molecule has 136 valence electrons. The van der Waals surface area contributed by atoms with E-state index in [1.165, 1.54) is 9.58 Å². The van der Waals surface area contributed by atoms with Crippen LogP contribution in [0.4, 0.5) is 0 Å². The van der Waals surface area contributed by atoms with Gasteiger partial charge in [0.1, 0.15) is 6.54 Å². The van der Waals surface area contributed by atoms with Crippen molar-refractivity contribution in [2.45, 2.75) is 39.1 Å². The predicted molar refractivity (Wildman–Crippen MR) is 93.5 cm³/mol. The molecule has 2 aromatic rings. The van der Waals surface area contributed by atoms with Gasteiger partial charge in [-0.05, 0) is 36.9 Å². The van der Waals surface area contributed by atoms with E-state index in [4.69, 9.17) is 0 Å². The van der Waals surface area contributed by atoms with Gasteiger partial charge in [-0.1, -0.05) is 30.3 Å². The monoisotopic (exact) mass is 346 g/mol. The summed E-state index contributed by atoms with van der Waals surface area (Å²) in [5.74, 6) is 0.484. The van der Waals surface area contributed by atoms with Crippen LogP contribution in [-0.2, 0) is 17.9 Å². The summed E-state index contributed by atoms with van der Waals surface area (Å²) in [6.45, 7) is 4.99. The lowest BCUT2D eigenvalue weighted by Crippen LogP contribution is -2.35. The van der Waals surface area contributed by atoms with Gasteiger partial charge in [0.05, 0.1) is 19.2 Å². The third-order valence-corrected chi connectivity index (χ3v) is 4.22. The van der Waals surface area contributed by atoms with Crippen molar-refractivity contribution in [3.63, 3.8) is 0 Å². The number of benzene rings is 1. The second kappa shape index (κ2) is 8.68. The van der Waals surface area contributed by atoms with Crippen LogP contribution in [0.25, 0.3) is 0 Å². The summed E-state index contributed by atoms with van der Waals surface area (Å²) in [6, 6.07) is 9.63. The van der Waals surface area contributed by atoms with Gasteiger partial charge in [-0.2, -0.15) is 0 Å². The van der Waals surface area contributed by atoms with E-state index in [-0.39, 0.29) is 19.0 Å². The lowest BCUT2D eigenvalue weighted by Gasteiger charge is -2.22. The maximum absolute atomic E-state index is 12.4. The molecule has 1 atom stereocenters. The van der Waals surface area contributed by atoms with Crippen molar-refractivity contribution in [1.82, 2.24) is 30.0 Å². The van der Waals surface area contributed by atoms with E-state index in [1.54, 1.807) is 7.05 Å². The van der Waals surface area contributed by atoms with Crippen LogP contribution < -0.4 is 0 Å². The number of aromatic nitrogens is 4. The zero-order chi connectivity index (χ0) is 18.4. The fourth-order valence-corrected chi connectivity index (χ4v) is 2.26. The van der Waals surface area contributed by atoms with Crippen molar-refractivity contribution in [3.8, 4) is 0 Å². The van der Waals surface area contributed by atoms with Gasteiger partial charge in [-0.25, -0.2) is 4.68 Å². The third-order valence-electron chi connectivity index (χ3n) is 4.22. The smallest absolute Gasteiger partial charge is 0.244 e. The fourth-order valence-electron chi connectivity index (χ4n) is 2.26. The molecule has 1 aromatic carbocycles. The summed E-state index contributed by atoms with van der Waals surface area (Å²) >= 11 is 0. The zero-order valence-electron chi connectivity index (χ0n) is 15.2. The molecule has 0 aliphatic carbocycles. The highest BCUT2D eigenvalue weighted by atomic mass is 16.3. The first-order valence-electron chi connectivity index (χ1n) is 8.30. The number of carbonyl (C=O) groups excluding carboxylic acids is 1. The van der Waals surface area contributed by atoms with Gasteiger partial charge in [0.15, 0.2) is 5.82 Å². The summed E-state index contributed by atoms with van der Waals surface area (Å²) < 4.78 is 1.51. The number of aliphatic hydroxyl groups excluding tert-OH is 1. The van der Waals surface area contributed by atoms with Crippen LogP contribution in [0.2, 0.25) is 0 Å². The molecule has 0 saturated heterocycles. The zero-order valence-corrected chi connectivity index (χ0v) is 15.2. The Balaban J connectivity index is 1.94. The molecule has 1 amide bonds. The Hall–Kier alpha value is -2.32. The lowest BCUT2D eigenvalue weighted by atomic mass is 10.1. The number of carbonyl (C=O) groups is 1. The van der Waals surface area contributed by atoms with Gasteiger partial charge in [0.25, 0.3) is 0 Å².